The molecule has 120 valence electrons. The molecule has 5 aliphatic carbocycles. The smallest absolute Gasteiger partial charge is 0.202 e. The van der Waals surface area contributed by atoms with Gasteiger partial charge in [0.1, 0.15) is 0 Å². The summed E-state index contributed by atoms with van der Waals surface area (Å²) in [5.41, 5.74) is 0. The van der Waals surface area contributed by atoms with Gasteiger partial charge in [-0.25, -0.2) is 0 Å². The van der Waals surface area contributed by atoms with E-state index >= 15 is 0 Å². The van der Waals surface area contributed by atoms with Crippen molar-refractivity contribution in [2.75, 3.05) is 0 Å². The molecule has 0 amide bonds. The van der Waals surface area contributed by atoms with Crippen molar-refractivity contribution in [3.05, 3.63) is 0 Å². The number of fused-ring (bicyclic) bond motifs is 4. The third-order valence-electron chi connectivity index (χ3n) is 8.29. The van der Waals surface area contributed by atoms with E-state index in [-0.39, 0.29) is 23.4 Å². The highest BCUT2D eigenvalue weighted by atomic mass is 16.2. The summed E-state index contributed by atoms with van der Waals surface area (Å²) >= 11 is 0. The van der Waals surface area contributed by atoms with Gasteiger partial charge in [-0.05, 0) is 61.2 Å². The lowest BCUT2D eigenvalue weighted by Gasteiger charge is -2.53. The van der Waals surface area contributed by atoms with Crippen LogP contribution < -0.4 is 0 Å². The van der Waals surface area contributed by atoms with Crippen molar-refractivity contribution < 1.29 is 9.59 Å². The number of hydrogen-bond donors (Lipinski definition) is 0. The fourth-order valence-corrected chi connectivity index (χ4v) is 7.64. The van der Waals surface area contributed by atoms with Crippen molar-refractivity contribution in [1.29, 1.82) is 0 Å². The van der Waals surface area contributed by atoms with Gasteiger partial charge >= 0.3 is 0 Å². The van der Waals surface area contributed by atoms with Gasteiger partial charge in [-0.15, -0.1) is 0 Å². The molecule has 0 spiro atoms. The standard InChI is InChI=1S/C20H28O2/c21-19-17-14-7-3-1-5-11(14)9-13-10-12-6-2-4-8-15(12)18(16(13)17)20(19)22/h11-18H,1-10H2. The Morgan fingerprint density at radius 1 is 0.591 bits per heavy atom. The predicted molar refractivity (Wildman–Crippen MR) is 84.1 cm³/mol. The van der Waals surface area contributed by atoms with Crippen molar-refractivity contribution >= 4 is 11.6 Å². The molecule has 2 heteroatoms. The predicted octanol–water partition coefficient (Wildman–Crippen LogP) is 4.02. The molecule has 5 aliphatic rings. The molecule has 0 aromatic rings. The quantitative estimate of drug-likeness (QED) is 0.633. The molecular weight excluding hydrogens is 272 g/mol. The molecule has 5 rings (SSSR count). The molecule has 0 aromatic carbocycles. The Bertz CT molecular complexity index is 466. The number of carbonyl (C=O) groups excluding carboxylic acids is 2. The number of hydrogen-bond acceptors (Lipinski definition) is 2. The van der Waals surface area contributed by atoms with E-state index < -0.39 is 0 Å². The lowest BCUT2D eigenvalue weighted by molar-refractivity contribution is -0.139. The molecule has 6 atom stereocenters. The van der Waals surface area contributed by atoms with Crippen LogP contribution in [0.2, 0.25) is 0 Å². The maximum atomic E-state index is 12.9. The Morgan fingerprint density at radius 2 is 1.05 bits per heavy atom. The normalized spacial score (nSPS) is 53.6. The SMILES string of the molecule is O=C1C(=O)C2C3CCCCC3CC3CC4CCCCC4C1C32. The lowest BCUT2D eigenvalue weighted by Crippen LogP contribution is -2.49. The van der Waals surface area contributed by atoms with Gasteiger partial charge < -0.3 is 0 Å². The van der Waals surface area contributed by atoms with Gasteiger partial charge in [0, 0.05) is 11.8 Å². The Balaban J connectivity index is 1.55. The summed E-state index contributed by atoms with van der Waals surface area (Å²) in [6, 6.07) is 0. The van der Waals surface area contributed by atoms with Crippen LogP contribution in [0, 0.1) is 47.3 Å². The number of carbonyl (C=O) groups is 2. The fourth-order valence-electron chi connectivity index (χ4n) is 7.64. The third-order valence-corrected chi connectivity index (χ3v) is 8.29. The summed E-state index contributed by atoms with van der Waals surface area (Å²) in [6.07, 6.45) is 13.0. The molecule has 0 N–H and O–H groups in total. The van der Waals surface area contributed by atoms with E-state index in [1.807, 2.05) is 0 Å². The first-order chi connectivity index (χ1) is 10.8. The molecule has 0 radical (unpaired) electrons. The van der Waals surface area contributed by atoms with Crippen molar-refractivity contribution in [1.82, 2.24) is 0 Å². The first-order valence-corrected chi connectivity index (χ1v) is 9.83. The largest absolute Gasteiger partial charge is 0.291 e. The summed E-state index contributed by atoms with van der Waals surface area (Å²) in [5, 5.41) is 0. The Morgan fingerprint density at radius 3 is 1.55 bits per heavy atom. The van der Waals surface area contributed by atoms with E-state index in [9.17, 15) is 9.59 Å². The van der Waals surface area contributed by atoms with Gasteiger partial charge in [-0.1, -0.05) is 38.5 Å². The van der Waals surface area contributed by atoms with Crippen LogP contribution in [0.4, 0.5) is 0 Å². The first kappa shape index (κ1) is 13.7. The fraction of sp³-hybridized carbons (Fsp3) is 0.900. The molecule has 5 saturated carbocycles. The third kappa shape index (κ3) is 1.73. The summed E-state index contributed by atoms with van der Waals surface area (Å²) in [7, 11) is 0. The first-order valence-electron chi connectivity index (χ1n) is 9.83. The van der Waals surface area contributed by atoms with Crippen molar-refractivity contribution in [2.45, 2.75) is 64.2 Å². The second-order valence-electron chi connectivity index (χ2n) is 9.01. The molecule has 0 saturated heterocycles. The summed E-state index contributed by atoms with van der Waals surface area (Å²) in [4.78, 5) is 25.7. The van der Waals surface area contributed by atoms with Gasteiger partial charge in [0.25, 0.3) is 0 Å². The lowest BCUT2D eigenvalue weighted by atomic mass is 9.50. The molecular formula is C20H28O2. The maximum Gasteiger partial charge on any atom is 0.202 e. The summed E-state index contributed by atoms with van der Waals surface area (Å²) in [6.45, 7) is 0. The van der Waals surface area contributed by atoms with Crippen LogP contribution in [-0.2, 0) is 9.59 Å². The van der Waals surface area contributed by atoms with E-state index in [0.29, 0.717) is 23.7 Å². The van der Waals surface area contributed by atoms with Gasteiger partial charge in [-0.2, -0.15) is 0 Å². The monoisotopic (exact) mass is 300 g/mol. The van der Waals surface area contributed by atoms with Crippen LogP contribution in [0.25, 0.3) is 0 Å². The minimum Gasteiger partial charge on any atom is -0.291 e. The van der Waals surface area contributed by atoms with Crippen molar-refractivity contribution in [3.8, 4) is 0 Å². The van der Waals surface area contributed by atoms with E-state index in [1.54, 1.807) is 0 Å². The van der Waals surface area contributed by atoms with E-state index in [2.05, 4.69) is 0 Å². The second kappa shape index (κ2) is 4.92. The molecule has 0 aromatic heterocycles. The number of rotatable bonds is 0. The maximum absolute atomic E-state index is 12.9. The Kier molecular flexibility index (Phi) is 3.07. The molecule has 0 heterocycles. The van der Waals surface area contributed by atoms with Crippen molar-refractivity contribution in [3.63, 3.8) is 0 Å². The zero-order chi connectivity index (χ0) is 14.8. The Hall–Kier alpha value is -0.660. The van der Waals surface area contributed by atoms with Gasteiger partial charge in [0.05, 0.1) is 0 Å². The summed E-state index contributed by atoms with van der Waals surface area (Å²) in [5.74, 6) is 4.24. The van der Waals surface area contributed by atoms with Crippen molar-refractivity contribution in [2.24, 2.45) is 47.3 Å². The zero-order valence-corrected chi connectivity index (χ0v) is 13.5. The highest BCUT2D eigenvalue weighted by Gasteiger charge is 2.63. The van der Waals surface area contributed by atoms with Gasteiger partial charge in [0.2, 0.25) is 11.6 Å². The minimum atomic E-state index is 0.0721. The molecule has 5 fully saturated rings. The number of Topliss-reactive ketones (excluding diaryl/α,β-unsaturated/α-hetero) is 2. The second-order valence-corrected chi connectivity index (χ2v) is 9.01. The molecule has 2 nitrogen and oxygen atoms in total. The van der Waals surface area contributed by atoms with Gasteiger partial charge in [0.15, 0.2) is 0 Å². The highest BCUT2D eigenvalue weighted by Crippen LogP contribution is 2.62. The van der Waals surface area contributed by atoms with Crippen LogP contribution >= 0.6 is 0 Å². The number of ketones is 2. The molecule has 22 heavy (non-hydrogen) atoms. The van der Waals surface area contributed by atoms with Crippen LogP contribution in [0.1, 0.15) is 64.2 Å². The minimum absolute atomic E-state index is 0.0721. The van der Waals surface area contributed by atoms with Crippen LogP contribution in [0.15, 0.2) is 0 Å². The summed E-state index contributed by atoms with van der Waals surface area (Å²) < 4.78 is 0. The highest BCUT2D eigenvalue weighted by molar-refractivity contribution is 6.41. The van der Waals surface area contributed by atoms with E-state index in [0.717, 1.165) is 11.8 Å². The molecule has 6 unspecified atom stereocenters. The van der Waals surface area contributed by atoms with E-state index in [1.165, 1.54) is 64.2 Å². The average Bonchev–Trinajstić information content (AvgIpc) is 2.82. The van der Waals surface area contributed by atoms with Crippen LogP contribution in [-0.4, -0.2) is 11.6 Å². The van der Waals surface area contributed by atoms with Gasteiger partial charge in [-0.3, -0.25) is 9.59 Å². The average molecular weight is 300 g/mol. The van der Waals surface area contributed by atoms with Crippen LogP contribution in [0.5, 0.6) is 0 Å². The zero-order valence-electron chi connectivity index (χ0n) is 13.5. The van der Waals surface area contributed by atoms with E-state index in [4.69, 9.17) is 0 Å². The topological polar surface area (TPSA) is 34.1 Å². The van der Waals surface area contributed by atoms with Crippen LogP contribution in [0.3, 0.4) is 0 Å². The molecule has 0 bridgehead atoms. The Labute approximate surface area is 133 Å². The molecule has 0 aliphatic heterocycles.